The first-order chi connectivity index (χ1) is 10.4. The van der Waals surface area contributed by atoms with E-state index in [0.717, 1.165) is 0 Å². The van der Waals surface area contributed by atoms with Crippen LogP contribution in [0.5, 0.6) is 0 Å². The van der Waals surface area contributed by atoms with Gasteiger partial charge in [0.1, 0.15) is 0 Å². The highest BCUT2D eigenvalue weighted by Crippen LogP contribution is 2.62. The van der Waals surface area contributed by atoms with Crippen molar-refractivity contribution in [2.45, 2.75) is 48.4 Å². The Morgan fingerprint density at radius 2 is 0.800 bits per heavy atom. The lowest BCUT2D eigenvalue weighted by Crippen LogP contribution is -2.73. The third-order valence-electron chi connectivity index (χ3n) is 2.92. The van der Waals surface area contributed by atoms with Gasteiger partial charge in [0.15, 0.2) is 0 Å². The molecular weight excluding hydrogens is 406 g/mol. The molecule has 0 aliphatic rings. The molecule has 0 saturated heterocycles. The summed E-state index contributed by atoms with van der Waals surface area (Å²) in [5, 5.41) is 7.95. The van der Waals surface area contributed by atoms with E-state index in [2.05, 4.69) is 0 Å². The van der Waals surface area contributed by atoms with Crippen molar-refractivity contribution in [3.8, 4) is 0 Å². The number of halogens is 14. The van der Waals surface area contributed by atoms with Crippen LogP contribution in [0.25, 0.3) is 0 Å². The van der Waals surface area contributed by atoms with Gasteiger partial charge in [-0.3, -0.25) is 0 Å². The Labute approximate surface area is 127 Å². The van der Waals surface area contributed by atoms with Crippen molar-refractivity contribution in [1.82, 2.24) is 0 Å². The summed E-state index contributed by atoms with van der Waals surface area (Å²) < 4.78 is 177. The number of carbonyl (C=O) groups is 1. The van der Waals surface area contributed by atoms with Crippen molar-refractivity contribution in [3.63, 3.8) is 0 Å². The van der Waals surface area contributed by atoms with Gasteiger partial charge in [0.05, 0.1) is 0 Å². The number of rotatable bonds is 6. The average molecular weight is 410 g/mol. The third kappa shape index (κ3) is 2.76. The van der Waals surface area contributed by atoms with E-state index in [0.29, 0.717) is 0 Å². The molecule has 0 aliphatic carbocycles. The van der Waals surface area contributed by atoms with Crippen LogP contribution >= 0.6 is 0 Å². The second kappa shape index (κ2) is 5.49. The molecule has 16 heteroatoms. The van der Waals surface area contributed by atoms with Crippen LogP contribution in [0.4, 0.5) is 61.5 Å². The molecule has 1 N–H and O–H groups in total. The molecule has 25 heavy (non-hydrogen) atoms. The molecule has 0 heterocycles. The number of carboxylic acids is 1. The van der Waals surface area contributed by atoms with Crippen molar-refractivity contribution in [1.29, 1.82) is 0 Å². The monoisotopic (exact) mass is 410 g/mol. The largest absolute Gasteiger partial charge is 0.479 e. The first kappa shape index (κ1) is 23.5. The van der Waals surface area contributed by atoms with Gasteiger partial charge >= 0.3 is 41.8 Å². The number of alkyl halides is 14. The van der Waals surface area contributed by atoms with Gasteiger partial charge in [-0.1, -0.05) is 0 Å². The van der Waals surface area contributed by atoms with Crippen LogP contribution in [-0.2, 0) is 4.79 Å². The molecule has 2 nitrogen and oxygen atoms in total. The molecule has 0 radical (unpaired) electrons. The minimum absolute atomic E-state index is 1.01. The van der Waals surface area contributed by atoms with Crippen LogP contribution in [0.3, 0.4) is 0 Å². The first-order valence-electron chi connectivity index (χ1n) is 5.32. The van der Waals surface area contributed by atoms with E-state index in [1.54, 1.807) is 0 Å². The summed E-state index contributed by atoms with van der Waals surface area (Å²) in [6, 6.07) is 0. The molecule has 0 amide bonds. The fourth-order valence-electron chi connectivity index (χ4n) is 1.20. The van der Waals surface area contributed by atoms with Crippen LogP contribution in [0.2, 0.25) is 0 Å². The van der Waals surface area contributed by atoms with Gasteiger partial charge in [-0.2, -0.15) is 57.1 Å². The lowest BCUT2D eigenvalue weighted by Gasteiger charge is -2.41. The number of carboxylic acid groups (broad SMARTS) is 1. The molecule has 0 aromatic heterocycles. The zero-order valence-corrected chi connectivity index (χ0v) is 11.1. The summed E-state index contributed by atoms with van der Waals surface area (Å²) in [5.41, 5.74) is -5.75. The quantitative estimate of drug-likeness (QED) is 0.654. The Hall–Kier alpha value is -1.51. The van der Waals surface area contributed by atoms with Crippen LogP contribution < -0.4 is 0 Å². The van der Waals surface area contributed by atoms with Crippen LogP contribution in [-0.4, -0.2) is 52.5 Å². The van der Waals surface area contributed by atoms with Gasteiger partial charge in [-0.15, -0.1) is 0 Å². The molecule has 0 bridgehead atoms. The van der Waals surface area contributed by atoms with E-state index >= 15 is 0 Å². The average Bonchev–Trinajstić information content (AvgIpc) is 2.35. The number of hydrogen-bond acceptors (Lipinski definition) is 1. The van der Waals surface area contributed by atoms with Crippen LogP contribution in [0.1, 0.15) is 6.92 Å². The maximum atomic E-state index is 13.1. The molecule has 0 fully saturated rings. The SMILES string of the molecule is CC(F)(C(=O)O)C(F)(F)C(F)(F)C(F)(F)C(F)(F)C(F)(F)C(F)(F)F. The van der Waals surface area contributed by atoms with E-state index in [1.807, 2.05) is 0 Å². The molecule has 0 spiro atoms. The molecule has 150 valence electrons. The summed E-state index contributed by atoms with van der Waals surface area (Å²) in [6.45, 7) is -1.01. The number of aliphatic carboxylic acids is 1. The Bertz CT molecular complexity index is 531. The number of hydrogen-bond donors (Lipinski definition) is 1. The Morgan fingerprint density at radius 1 is 0.560 bits per heavy atom. The third-order valence-corrected chi connectivity index (χ3v) is 2.92. The van der Waals surface area contributed by atoms with Gasteiger partial charge < -0.3 is 5.11 Å². The van der Waals surface area contributed by atoms with Crippen molar-refractivity contribution in [2.24, 2.45) is 0 Å². The molecule has 1 unspecified atom stereocenters. The van der Waals surface area contributed by atoms with E-state index in [4.69, 9.17) is 5.11 Å². The van der Waals surface area contributed by atoms with Crippen molar-refractivity contribution < 1.29 is 71.4 Å². The first-order valence-corrected chi connectivity index (χ1v) is 5.32. The van der Waals surface area contributed by atoms with E-state index < -0.39 is 54.4 Å². The standard InChI is InChI=1S/C9H4F14O2/c1-3(10,2(24)25)4(11,12)5(13,14)6(15,16)7(17,18)8(19,20)9(21,22)23/h1H3,(H,24,25). The highest BCUT2D eigenvalue weighted by atomic mass is 19.4. The molecular formula is C9H4F14O2. The molecule has 1 atom stereocenters. The maximum Gasteiger partial charge on any atom is 0.460 e. The lowest BCUT2D eigenvalue weighted by molar-refractivity contribution is -0.445. The van der Waals surface area contributed by atoms with Crippen LogP contribution in [0, 0.1) is 0 Å². The fourth-order valence-corrected chi connectivity index (χ4v) is 1.20. The summed E-state index contributed by atoms with van der Waals surface area (Å²) in [6.07, 6.45) is -7.60. The smallest absolute Gasteiger partial charge is 0.460 e. The second-order valence-electron chi connectivity index (χ2n) is 4.68. The molecule has 0 aromatic carbocycles. The van der Waals surface area contributed by atoms with Gasteiger partial charge in [0.2, 0.25) is 0 Å². The topological polar surface area (TPSA) is 37.3 Å². The Kier molecular flexibility index (Phi) is 5.16. The zero-order chi connectivity index (χ0) is 21.1. The Balaban J connectivity index is 6.55. The lowest BCUT2D eigenvalue weighted by atomic mass is 9.86. The van der Waals surface area contributed by atoms with E-state index in [1.165, 1.54) is 0 Å². The van der Waals surface area contributed by atoms with Crippen molar-refractivity contribution in [2.75, 3.05) is 0 Å². The second-order valence-corrected chi connectivity index (χ2v) is 4.68. The van der Waals surface area contributed by atoms with Gasteiger partial charge in [-0.25, -0.2) is 9.18 Å². The van der Waals surface area contributed by atoms with Crippen LogP contribution in [0.15, 0.2) is 0 Å². The summed E-state index contributed by atoms with van der Waals surface area (Å²) in [5.74, 6) is -43.3. The predicted octanol–water partition coefficient (Wildman–Crippen LogP) is 4.54. The van der Waals surface area contributed by atoms with Crippen molar-refractivity contribution in [3.05, 3.63) is 0 Å². The van der Waals surface area contributed by atoms with E-state index in [-0.39, 0.29) is 0 Å². The van der Waals surface area contributed by atoms with Gasteiger partial charge in [0, 0.05) is 0 Å². The van der Waals surface area contributed by atoms with Crippen molar-refractivity contribution >= 4 is 5.97 Å². The predicted molar refractivity (Wildman–Crippen MR) is 47.9 cm³/mol. The fraction of sp³-hybridized carbons (Fsp3) is 0.889. The molecule has 0 aliphatic heterocycles. The highest BCUT2D eigenvalue weighted by molar-refractivity contribution is 5.78. The maximum absolute atomic E-state index is 13.1. The molecule has 0 aromatic rings. The minimum Gasteiger partial charge on any atom is -0.479 e. The highest BCUT2D eigenvalue weighted by Gasteiger charge is 2.93. The van der Waals surface area contributed by atoms with Gasteiger partial charge in [0.25, 0.3) is 5.67 Å². The Morgan fingerprint density at radius 3 is 1.04 bits per heavy atom. The summed E-state index contributed by atoms with van der Waals surface area (Å²) in [7, 11) is 0. The molecule has 0 rings (SSSR count). The van der Waals surface area contributed by atoms with E-state index in [9.17, 15) is 66.3 Å². The summed E-state index contributed by atoms with van der Waals surface area (Å²) in [4.78, 5) is 10.1. The normalized spacial score (nSPS) is 18.0. The zero-order valence-electron chi connectivity index (χ0n) is 11.1. The summed E-state index contributed by atoms with van der Waals surface area (Å²) >= 11 is 0. The van der Waals surface area contributed by atoms with Gasteiger partial charge in [-0.05, 0) is 6.92 Å². The minimum atomic E-state index is -8.23. The molecule has 0 saturated carbocycles.